The van der Waals surface area contributed by atoms with Crippen LogP contribution in [0.1, 0.15) is 31.2 Å². The molecule has 9 nitrogen and oxygen atoms in total. The van der Waals surface area contributed by atoms with Gasteiger partial charge in [-0.05, 0) is 60.9 Å². The van der Waals surface area contributed by atoms with Crippen molar-refractivity contribution in [2.45, 2.75) is 49.3 Å². The second-order valence-electron chi connectivity index (χ2n) is 10.2. The van der Waals surface area contributed by atoms with E-state index >= 15 is 4.39 Å². The number of sulfone groups is 1. The number of aromatic nitrogens is 4. The highest BCUT2D eigenvalue weighted by Gasteiger charge is 2.38. The van der Waals surface area contributed by atoms with Gasteiger partial charge in [-0.3, -0.25) is 14.6 Å². The van der Waals surface area contributed by atoms with E-state index in [0.29, 0.717) is 24.6 Å². The Balaban J connectivity index is 1.36. The first-order valence-corrected chi connectivity index (χ1v) is 14.6. The van der Waals surface area contributed by atoms with Gasteiger partial charge in [0.25, 0.3) is 11.1 Å². The number of hydrogen-bond donors (Lipinski definition) is 2. The van der Waals surface area contributed by atoms with Gasteiger partial charge in [-0.2, -0.15) is 18.3 Å². The summed E-state index contributed by atoms with van der Waals surface area (Å²) in [5.74, 6) is -0.747. The van der Waals surface area contributed by atoms with Crippen molar-refractivity contribution in [1.29, 1.82) is 0 Å². The average molecular weight is 592 g/mol. The molecule has 0 aliphatic heterocycles. The number of benzene rings is 1. The molecule has 0 saturated heterocycles. The lowest BCUT2D eigenvalue weighted by atomic mass is 9.85. The van der Waals surface area contributed by atoms with E-state index in [4.69, 9.17) is 0 Å². The van der Waals surface area contributed by atoms with Crippen LogP contribution in [0.4, 0.5) is 23.2 Å². The van der Waals surface area contributed by atoms with E-state index in [2.05, 4.69) is 15.4 Å². The SMILES string of the molecule is CS(=O)(=O)c1ccc(-c2cc3ccn(C[C@@H]4CCC[C@H](Nc5cn[nH]c(=O)c5C(F)(F)F)C4)c(=O)c3cc2F)nc1. The molecule has 41 heavy (non-hydrogen) atoms. The van der Waals surface area contributed by atoms with Crippen LogP contribution >= 0.6 is 0 Å². The van der Waals surface area contributed by atoms with Gasteiger partial charge in [0.2, 0.25) is 0 Å². The minimum absolute atomic E-state index is 0.000345. The number of fused-ring (bicyclic) bond motifs is 1. The molecule has 2 N–H and O–H groups in total. The molecule has 14 heteroatoms. The molecule has 2 atom stereocenters. The van der Waals surface area contributed by atoms with Gasteiger partial charge in [-0.1, -0.05) is 6.42 Å². The average Bonchev–Trinajstić information content (AvgIpc) is 2.89. The number of aromatic amines is 1. The van der Waals surface area contributed by atoms with Gasteiger partial charge >= 0.3 is 6.18 Å². The molecule has 4 aromatic rings. The van der Waals surface area contributed by atoms with Gasteiger partial charge in [0, 0.05) is 36.8 Å². The van der Waals surface area contributed by atoms with Crippen LogP contribution in [-0.2, 0) is 22.6 Å². The van der Waals surface area contributed by atoms with Crippen molar-refractivity contribution in [3.8, 4) is 11.3 Å². The van der Waals surface area contributed by atoms with E-state index in [9.17, 15) is 31.2 Å². The molecule has 216 valence electrons. The lowest BCUT2D eigenvalue weighted by Gasteiger charge is -2.31. The third kappa shape index (κ3) is 6.01. The molecule has 0 radical (unpaired) electrons. The van der Waals surface area contributed by atoms with Crippen LogP contribution in [0.25, 0.3) is 22.0 Å². The predicted molar refractivity (Wildman–Crippen MR) is 144 cm³/mol. The van der Waals surface area contributed by atoms with Gasteiger partial charge in [-0.15, -0.1) is 0 Å². The fraction of sp³-hybridized carbons (Fsp3) is 0.333. The fourth-order valence-electron chi connectivity index (χ4n) is 5.28. The molecule has 0 bridgehead atoms. The maximum atomic E-state index is 15.1. The minimum Gasteiger partial charge on any atom is -0.380 e. The van der Waals surface area contributed by atoms with Gasteiger partial charge in [0.15, 0.2) is 9.84 Å². The first kappa shape index (κ1) is 28.5. The topological polar surface area (TPSA) is 127 Å². The summed E-state index contributed by atoms with van der Waals surface area (Å²) < 4.78 is 80.2. The summed E-state index contributed by atoms with van der Waals surface area (Å²) in [7, 11) is -3.46. The minimum atomic E-state index is -4.85. The van der Waals surface area contributed by atoms with Crippen molar-refractivity contribution < 1.29 is 26.0 Å². The van der Waals surface area contributed by atoms with Crippen molar-refractivity contribution in [2.24, 2.45) is 5.92 Å². The quantitative estimate of drug-likeness (QED) is 0.319. The molecule has 0 unspecified atom stereocenters. The fourth-order valence-corrected chi connectivity index (χ4v) is 5.84. The van der Waals surface area contributed by atoms with Crippen LogP contribution in [0.15, 0.2) is 63.4 Å². The molecule has 1 aromatic carbocycles. The number of alkyl halides is 3. The van der Waals surface area contributed by atoms with Gasteiger partial charge < -0.3 is 9.88 Å². The third-order valence-corrected chi connectivity index (χ3v) is 8.34. The van der Waals surface area contributed by atoms with Crippen molar-refractivity contribution >= 4 is 26.3 Å². The molecule has 3 heterocycles. The van der Waals surface area contributed by atoms with Crippen LogP contribution in [0.2, 0.25) is 0 Å². The molecule has 0 spiro atoms. The van der Waals surface area contributed by atoms with E-state index in [0.717, 1.165) is 31.1 Å². The Morgan fingerprint density at radius 2 is 1.90 bits per heavy atom. The number of H-pyrrole nitrogens is 1. The number of anilines is 1. The number of pyridine rings is 2. The maximum Gasteiger partial charge on any atom is 0.423 e. The summed E-state index contributed by atoms with van der Waals surface area (Å²) in [4.78, 5) is 29.1. The van der Waals surface area contributed by atoms with E-state index < -0.39 is 38.5 Å². The lowest BCUT2D eigenvalue weighted by Crippen LogP contribution is -2.33. The number of hydrogen-bond acceptors (Lipinski definition) is 7. The number of nitrogens with zero attached hydrogens (tertiary/aromatic N) is 3. The first-order chi connectivity index (χ1) is 19.3. The highest BCUT2D eigenvalue weighted by Crippen LogP contribution is 2.34. The lowest BCUT2D eigenvalue weighted by molar-refractivity contribution is -0.138. The van der Waals surface area contributed by atoms with E-state index in [1.807, 2.05) is 5.10 Å². The Morgan fingerprint density at radius 3 is 2.59 bits per heavy atom. The van der Waals surface area contributed by atoms with E-state index in [1.165, 1.54) is 22.8 Å². The molecule has 1 saturated carbocycles. The molecular weight excluding hydrogens is 566 g/mol. The summed E-state index contributed by atoms with van der Waals surface area (Å²) in [6, 6.07) is 6.64. The third-order valence-electron chi connectivity index (χ3n) is 7.24. The van der Waals surface area contributed by atoms with Gasteiger partial charge in [0.1, 0.15) is 11.4 Å². The molecule has 0 amide bonds. The first-order valence-electron chi connectivity index (χ1n) is 12.7. The molecule has 1 fully saturated rings. The number of nitrogens with one attached hydrogen (secondary N) is 2. The predicted octanol–water partition coefficient (Wildman–Crippen LogP) is 4.38. The van der Waals surface area contributed by atoms with Crippen LogP contribution in [-0.4, -0.2) is 40.5 Å². The Morgan fingerprint density at radius 1 is 1.12 bits per heavy atom. The second kappa shape index (κ2) is 10.7. The Labute approximate surface area is 231 Å². The number of rotatable bonds is 6. The highest BCUT2D eigenvalue weighted by atomic mass is 32.2. The zero-order chi connectivity index (χ0) is 29.5. The zero-order valence-corrected chi connectivity index (χ0v) is 22.5. The highest BCUT2D eigenvalue weighted by molar-refractivity contribution is 7.90. The van der Waals surface area contributed by atoms with Gasteiger partial charge in [-0.25, -0.2) is 17.9 Å². The summed E-state index contributed by atoms with van der Waals surface area (Å²) in [6.45, 7) is 0.282. The zero-order valence-electron chi connectivity index (χ0n) is 21.7. The molecular formula is C27H25F4N5O4S. The largest absolute Gasteiger partial charge is 0.423 e. The van der Waals surface area contributed by atoms with Gasteiger partial charge in [0.05, 0.1) is 27.9 Å². The summed E-state index contributed by atoms with van der Waals surface area (Å²) in [5, 5.41) is 8.75. The Hall–Kier alpha value is -4.07. The van der Waals surface area contributed by atoms with Crippen molar-refractivity contribution in [3.63, 3.8) is 0 Å². The van der Waals surface area contributed by atoms with Crippen molar-refractivity contribution in [1.82, 2.24) is 19.7 Å². The number of halogens is 4. The van der Waals surface area contributed by atoms with Crippen LogP contribution in [0.5, 0.6) is 0 Å². The van der Waals surface area contributed by atoms with E-state index in [-0.39, 0.29) is 45.7 Å². The van der Waals surface area contributed by atoms with Crippen molar-refractivity contribution in [3.05, 3.63) is 81.0 Å². The van der Waals surface area contributed by atoms with E-state index in [1.54, 1.807) is 12.3 Å². The summed E-state index contributed by atoms with van der Waals surface area (Å²) >= 11 is 0. The standard InChI is InChI=1S/C27H25F4N5O4S/c1-41(39,40)18-5-6-22(32-12-18)20-10-16-7-8-36(26(38)19(16)11-21(20)28)14-15-3-2-4-17(9-15)34-23-13-33-35-25(37)24(23)27(29,30)31/h5-8,10-13,15,17H,2-4,9,14H2,1H3,(H2,34,35,37)/t15-,17+/m1/s1. The van der Waals surface area contributed by atoms with Crippen molar-refractivity contribution in [2.75, 3.05) is 11.6 Å². The van der Waals surface area contributed by atoms with Crippen LogP contribution in [0, 0.1) is 11.7 Å². The van der Waals surface area contributed by atoms with Crippen LogP contribution in [0.3, 0.4) is 0 Å². The Bertz CT molecular complexity index is 1840. The second-order valence-corrected chi connectivity index (χ2v) is 12.2. The Kier molecular flexibility index (Phi) is 7.45. The van der Waals surface area contributed by atoms with Crippen LogP contribution < -0.4 is 16.4 Å². The normalized spacial score (nSPS) is 18.0. The summed E-state index contributed by atoms with van der Waals surface area (Å²) in [6.07, 6.45) is 2.35. The molecule has 1 aliphatic carbocycles. The monoisotopic (exact) mass is 591 g/mol. The maximum absolute atomic E-state index is 15.1. The smallest absolute Gasteiger partial charge is 0.380 e. The molecule has 1 aliphatic rings. The molecule has 5 rings (SSSR count). The summed E-state index contributed by atoms with van der Waals surface area (Å²) in [5.41, 5.74) is -3.13. The molecule has 3 aromatic heterocycles.